The third kappa shape index (κ3) is 3.81. The smallest absolute Gasteiger partial charge is 0.391 e. The Bertz CT molecular complexity index is 451. The van der Waals surface area contributed by atoms with E-state index >= 15 is 0 Å². The highest BCUT2D eigenvalue weighted by atomic mass is 19.4. The van der Waals surface area contributed by atoms with E-state index in [1.54, 1.807) is 7.11 Å². The normalized spacial score (nSPS) is 26.4. The highest BCUT2D eigenvalue weighted by molar-refractivity contribution is 5.48. The van der Waals surface area contributed by atoms with E-state index in [1.165, 1.54) is 0 Å². The molecule has 0 spiro atoms. The van der Waals surface area contributed by atoms with Gasteiger partial charge in [-0.05, 0) is 49.9 Å². The second kappa shape index (κ2) is 6.13. The molecule has 3 N–H and O–H groups in total. The second-order valence-electron chi connectivity index (χ2n) is 5.65. The molecule has 1 aliphatic carbocycles. The van der Waals surface area contributed by atoms with Crippen molar-refractivity contribution in [2.45, 2.75) is 37.4 Å². The topological polar surface area (TPSA) is 47.3 Å². The largest absolute Gasteiger partial charge is 0.497 e. The van der Waals surface area contributed by atoms with Crippen molar-refractivity contribution in [3.8, 4) is 5.75 Å². The molecule has 0 atom stereocenters. The lowest BCUT2D eigenvalue weighted by atomic mass is 9.76. The van der Waals surface area contributed by atoms with E-state index in [4.69, 9.17) is 10.5 Å². The van der Waals surface area contributed by atoms with E-state index in [1.807, 2.05) is 24.3 Å². The molecule has 1 aliphatic rings. The number of halogens is 3. The third-order valence-electron chi connectivity index (χ3n) is 4.30. The molecule has 1 saturated carbocycles. The number of hydrogen-bond donors (Lipinski definition) is 2. The van der Waals surface area contributed by atoms with Crippen LogP contribution in [-0.2, 0) is 0 Å². The number of nitrogens with one attached hydrogen (secondary N) is 1. The van der Waals surface area contributed by atoms with Crippen LogP contribution in [0.1, 0.15) is 25.7 Å². The Morgan fingerprint density at radius 1 is 1.24 bits per heavy atom. The zero-order valence-electron chi connectivity index (χ0n) is 12.0. The summed E-state index contributed by atoms with van der Waals surface area (Å²) >= 11 is 0. The van der Waals surface area contributed by atoms with Crippen LogP contribution in [0.25, 0.3) is 0 Å². The Labute approximate surface area is 122 Å². The number of methoxy groups -OCH3 is 1. The molecule has 0 bridgehead atoms. The Hall–Kier alpha value is -1.43. The van der Waals surface area contributed by atoms with E-state index in [-0.39, 0.29) is 12.8 Å². The molecule has 2 rings (SSSR count). The lowest BCUT2D eigenvalue weighted by molar-refractivity contribution is -0.183. The molecule has 118 valence electrons. The molecule has 1 aromatic rings. The highest BCUT2D eigenvalue weighted by Gasteiger charge is 2.45. The van der Waals surface area contributed by atoms with Crippen LogP contribution in [0.15, 0.2) is 24.3 Å². The first-order chi connectivity index (χ1) is 9.88. The summed E-state index contributed by atoms with van der Waals surface area (Å²) in [5.74, 6) is -0.460. The Morgan fingerprint density at radius 3 is 2.24 bits per heavy atom. The fraction of sp³-hybridized carbons (Fsp3) is 0.600. The van der Waals surface area contributed by atoms with Gasteiger partial charge in [0.25, 0.3) is 0 Å². The van der Waals surface area contributed by atoms with E-state index in [9.17, 15) is 13.2 Å². The summed E-state index contributed by atoms with van der Waals surface area (Å²) in [7, 11) is 1.59. The first-order valence-electron chi connectivity index (χ1n) is 7.07. The van der Waals surface area contributed by atoms with Crippen LogP contribution in [0.4, 0.5) is 18.9 Å². The third-order valence-corrected chi connectivity index (χ3v) is 4.30. The maximum atomic E-state index is 12.7. The zero-order valence-corrected chi connectivity index (χ0v) is 12.0. The van der Waals surface area contributed by atoms with Gasteiger partial charge in [-0.2, -0.15) is 13.2 Å². The lowest BCUT2D eigenvalue weighted by Gasteiger charge is -2.41. The van der Waals surface area contributed by atoms with Crippen LogP contribution in [0.3, 0.4) is 0 Å². The maximum absolute atomic E-state index is 12.7. The average Bonchev–Trinajstić information content (AvgIpc) is 2.47. The van der Waals surface area contributed by atoms with Gasteiger partial charge in [0, 0.05) is 17.8 Å². The molecule has 0 radical (unpaired) electrons. The fourth-order valence-electron chi connectivity index (χ4n) is 2.86. The van der Waals surface area contributed by atoms with Gasteiger partial charge in [-0.15, -0.1) is 0 Å². The van der Waals surface area contributed by atoms with Gasteiger partial charge in [0.05, 0.1) is 13.0 Å². The number of anilines is 1. The van der Waals surface area contributed by atoms with Crippen molar-refractivity contribution < 1.29 is 17.9 Å². The molecule has 3 nitrogen and oxygen atoms in total. The van der Waals surface area contributed by atoms with E-state index in [0.717, 1.165) is 11.4 Å². The molecule has 0 aliphatic heterocycles. The molecule has 0 unspecified atom stereocenters. The van der Waals surface area contributed by atoms with Gasteiger partial charge >= 0.3 is 6.18 Å². The van der Waals surface area contributed by atoms with Gasteiger partial charge in [-0.3, -0.25) is 0 Å². The van der Waals surface area contributed by atoms with Gasteiger partial charge in [-0.1, -0.05) is 0 Å². The summed E-state index contributed by atoms with van der Waals surface area (Å²) in [5, 5.41) is 3.32. The standard InChI is InChI=1S/C15H21F3N2O/c1-21-13-4-2-12(3-5-13)20-14(10-19)8-6-11(7-9-14)15(16,17)18/h2-5,11,20H,6-10,19H2,1H3. The van der Waals surface area contributed by atoms with Crippen molar-refractivity contribution in [1.82, 2.24) is 0 Å². The predicted molar refractivity (Wildman–Crippen MR) is 76.4 cm³/mol. The maximum Gasteiger partial charge on any atom is 0.391 e. The van der Waals surface area contributed by atoms with Crippen LogP contribution in [-0.4, -0.2) is 25.4 Å². The first kappa shape index (κ1) is 15.9. The summed E-state index contributed by atoms with van der Waals surface area (Å²) in [6, 6.07) is 7.33. The molecule has 0 heterocycles. The first-order valence-corrected chi connectivity index (χ1v) is 7.07. The number of ether oxygens (including phenoxy) is 1. The van der Waals surface area contributed by atoms with Crippen LogP contribution in [0.5, 0.6) is 5.75 Å². The van der Waals surface area contributed by atoms with Crippen molar-refractivity contribution in [1.29, 1.82) is 0 Å². The summed E-state index contributed by atoms with van der Waals surface area (Å²) in [6.45, 7) is 0.323. The van der Waals surface area contributed by atoms with Gasteiger partial charge < -0.3 is 15.8 Å². The summed E-state index contributed by atoms with van der Waals surface area (Å²) in [4.78, 5) is 0. The van der Waals surface area contributed by atoms with Crippen molar-refractivity contribution >= 4 is 5.69 Å². The van der Waals surface area contributed by atoms with Crippen molar-refractivity contribution in [3.05, 3.63) is 24.3 Å². The van der Waals surface area contributed by atoms with Crippen molar-refractivity contribution in [2.24, 2.45) is 11.7 Å². The highest BCUT2D eigenvalue weighted by Crippen LogP contribution is 2.42. The van der Waals surface area contributed by atoms with Crippen LogP contribution < -0.4 is 15.8 Å². The molecule has 0 saturated heterocycles. The van der Waals surface area contributed by atoms with Gasteiger partial charge in [0.2, 0.25) is 0 Å². The lowest BCUT2D eigenvalue weighted by Crippen LogP contribution is -2.49. The summed E-state index contributed by atoms with van der Waals surface area (Å²) in [6.07, 6.45) is -2.98. The van der Waals surface area contributed by atoms with Crippen molar-refractivity contribution in [2.75, 3.05) is 19.0 Å². The molecule has 1 fully saturated rings. The van der Waals surface area contributed by atoms with Crippen LogP contribution in [0, 0.1) is 5.92 Å². The fourth-order valence-corrected chi connectivity index (χ4v) is 2.86. The SMILES string of the molecule is COc1ccc(NC2(CN)CCC(C(F)(F)F)CC2)cc1. The minimum absolute atomic E-state index is 0.129. The Morgan fingerprint density at radius 2 is 1.81 bits per heavy atom. The van der Waals surface area contributed by atoms with E-state index in [2.05, 4.69) is 5.32 Å². The quantitative estimate of drug-likeness (QED) is 0.894. The minimum atomic E-state index is -4.10. The van der Waals surface area contributed by atoms with Crippen LogP contribution in [0.2, 0.25) is 0 Å². The summed E-state index contributed by atoms with van der Waals surface area (Å²) < 4.78 is 43.3. The number of nitrogens with two attached hydrogens (primary N) is 1. The number of rotatable bonds is 4. The Kier molecular flexibility index (Phi) is 4.66. The monoisotopic (exact) mass is 302 g/mol. The number of hydrogen-bond acceptors (Lipinski definition) is 3. The molecule has 0 aromatic heterocycles. The van der Waals surface area contributed by atoms with Gasteiger partial charge in [-0.25, -0.2) is 0 Å². The van der Waals surface area contributed by atoms with Gasteiger partial charge in [0.1, 0.15) is 5.75 Å². The molecule has 0 amide bonds. The second-order valence-corrected chi connectivity index (χ2v) is 5.65. The predicted octanol–water partition coefficient (Wildman–Crippen LogP) is 3.56. The molecule has 6 heteroatoms. The van der Waals surface area contributed by atoms with Crippen LogP contribution >= 0.6 is 0 Å². The van der Waals surface area contributed by atoms with E-state index < -0.39 is 17.6 Å². The molecular formula is C15H21F3N2O. The number of alkyl halides is 3. The average molecular weight is 302 g/mol. The Balaban J connectivity index is 2.02. The molecule has 1 aromatic carbocycles. The molecular weight excluding hydrogens is 281 g/mol. The molecule has 21 heavy (non-hydrogen) atoms. The summed E-state index contributed by atoms with van der Waals surface area (Å²) in [5.41, 5.74) is 6.23. The number of benzene rings is 1. The minimum Gasteiger partial charge on any atom is -0.497 e. The van der Waals surface area contributed by atoms with Gasteiger partial charge in [0.15, 0.2) is 0 Å². The van der Waals surface area contributed by atoms with Crippen molar-refractivity contribution in [3.63, 3.8) is 0 Å². The zero-order chi connectivity index (χ0) is 15.5. The van der Waals surface area contributed by atoms with E-state index in [0.29, 0.717) is 19.4 Å².